The Bertz CT molecular complexity index is 379. The number of Topliss-reactive ketones (excluding diaryl/α,β-unsaturated/α-hetero) is 1. The van der Waals surface area contributed by atoms with E-state index in [-0.39, 0.29) is 5.78 Å². The Morgan fingerprint density at radius 1 is 1.53 bits per heavy atom. The third-order valence-corrected chi connectivity index (χ3v) is 3.36. The van der Waals surface area contributed by atoms with E-state index in [1.807, 2.05) is 30.1 Å². The van der Waals surface area contributed by atoms with Gasteiger partial charge in [-0.25, -0.2) is 0 Å². The molecular formula is C14H22N2O. The zero-order valence-corrected chi connectivity index (χ0v) is 10.9. The Labute approximate surface area is 103 Å². The fourth-order valence-corrected chi connectivity index (χ4v) is 2.14. The largest absolute Gasteiger partial charge is 0.357 e. The summed E-state index contributed by atoms with van der Waals surface area (Å²) in [6.45, 7) is 3.86. The summed E-state index contributed by atoms with van der Waals surface area (Å²) in [5.74, 6) is 0.258. The fraction of sp³-hybridized carbons (Fsp3) is 0.643. The van der Waals surface area contributed by atoms with E-state index in [4.69, 9.17) is 0 Å². The van der Waals surface area contributed by atoms with Crippen LogP contribution in [-0.2, 0) is 7.05 Å². The molecule has 0 amide bonds. The summed E-state index contributed by atoms with van der Waals surface area (Å²) in [5, 5.41) is 0. The number of nitrogens with zero attached hydrogens (tertiary/aromatic N) is 2. The summed E-state index contributed by atoms with van der Waals surface area (Å²) < 4.78 is 1.93. The van der Waals surface area contributed by atoms with Gasteiger partial charge in [-0.15, -0.1) is 0 Å². The number of carbonyl (C=O) groups is 1. The Kier molecular flexibility index (Phi) is 4.00. The van der Waals surface area contributed by atoms with E-state index in [1.54, 1.807) is 0 Å². The molecule has 94 valence electrons. The Balaban J connectivity index is 1.90. The predicted molar refractivity (Wildman–Crippen MR) is 69.2 cm³/mol. The molecule has 1 aliphatic rings. The summed E-state index contributed by atoms with van der Waals surface area (Å²) in [6.07, 6.45) is 8.77. The summed E-state index contributed by atoms with van der Waals surface area (Å²) in [7, 11) is 1.95. The molecular weight excluding hydrogens is 212 g/mol. The molecule has 0 radical (unpaired) electrons. The molecule has 0 bridgehead atoms. The average molecular weight is 234 g/mol. The molecule has 2 rings (SSSR count). The molecule has 3 heteroatoms. The van der Waals surface area contributed by atoms with E-state index < -0.39 is 0 Å². The van der Waals surface area contributed by atoms with Gasteiger partial charge in [-0.05, 0) is 31.9 Å². The highest BCUT2D eigenvalue weighted by Gasteiger charge is 2.29. The standard InChI is InChI=1S/C14H22N2O/c1-3-4-8-16(13-5-6-13)11-14(17)12-7-9-15(2)10-12/h7,9-10,13H,3-6,8,11H2,1-2H3. The van der Waals surface area contributed by atoms with E-state index >= 15 is 0 Å². The molecule has 0 N–H and O–H groups in total. The van der Waals surface area contributed by atoms with Crippen molar-refractivity contribution < 1.29 is 4.79 Å². The summed E-state index contributed by atoms with van der Waals surface area (Å²) in [5.41, 5.74) is 0.842. The van der Waals surface area contributed by atoms with Gasteiger partial charge in [-0.3, -0.25) is 9.69 Å². The van der Waals surface area contributed by atoms with Crippen molar-refractivity contribution in [2.24, 2.45) is 7.05 Å². The van der Waals surface area contributed by atoms with Crippen molar-refractivity contribution >= 4 is 5.78 Å². The maximum absolute atomic E-state index is 12.1. The minimum atomic E-state index is 0.258. The van der Waals surface area contributed by atoms with Crippen LogP contribution < -0.4 is 0 Å². The molecule has 0 unspecified atom stereocenters. The minimum absolute atomic E-state index is 0.258. The molecule has 1 aromatic rings. The lowest BCUT2D eigenvalue weighted by molar-refractivity contribution is 0.0923. The molecule has 1 aliphatic carbocycles. The third kappa shape index (κ3) is 3.43. The van der Waals surface area contributed by atoms with Crippen LogP contribution >= 0.6 is 0 Å². The van der Waals surface area contributed by atoms with Crippen LogP contribution in [0.3, 0.4) is 0 Å². The fourth-order valence-electron chi connectivity index (χ4n) is 2.14. The number of unbranched alkanes of at least 4 members (excludes halogenated alkanes) is 1. The number of aryl methyl sites for hydroxylation is 1. The molecule has 1 fully saturated rings. The van der Waals surface area contributed by atoms with Gasteiger partial charge < -0.3 is 4.57 Å². The molecule has 0 aromatic carbocycles. The van der Waals surface area contributed by atoms with Crippen molar-refractivity contribution in [2.45, 2.75) is 38.6 Å². The molecule has 3 nitrogen and oxygen atoms in total. The first-order valence-corrected chi connectivity index (χ1v) is 6.60. The second-order valence-electron chi connectivity index (χ2n) is 5.04. The van der Waals surface area contributed by atoms with Gasteiger partial charge in [0, 0.05) is 31.0 Å². The van der Waals surface area contributed by atoms with Crippen molar-refractivity contribution in [1.29, 1.82) is 0 Å². The molecule has 0 spiro atoms. The van der Waals surface area contributed by atoms with Crippen LogP contribution in [0.25, 0.3) is 0 Å². The van der Waals surface area contributed by atoms with Crippen molar-refractivity contribution in [3.63, 3.8) is 0 Å². The summed E-state index contributed by atoms with van der Waals surface area (Å²) in [6, 6.07) is 2.59. The van der Waals surface area contributed by atoms with Crippen molar-refractivity contribution in [3.8, 4) is 0 Å². The van der Waals surface area contributed by atoms with Gasteiger partial charge in [0.15, 0.2) is 5.78 Å². The zero-order valence-electron chi connectivity index (χ0n) is 10.9. The zero-order chi connectivity index (χ0) is 12.3. The lowest BCUT2D eigenvalue weighted by Crippen LogP contribution is -2.32. The van der Waals surface area contributed by atoms with Gasteiger partial charge >= 0.3 is 0 Å². The second kappa shape index (κ2) is 5.50. The van der Waals surface area contributed by atoms with E-state index in [0.717, 1.165) is 12.1 Å². The van der Waals surface area contributed by atoms with Crippen LogP contribution in [0.5, 0.6) is 0 Å². The monoisotopic (exact) mass is 234 g/mol. The quantitative estimate of drug-likeness (QED) is 0.677. The Hall–Kier alpha value is -1.09. The van der Waals surface area contributed by atoms with E-state index in [1.165, 1.54) is 25.7 Å². The number of rotatable bonds is 7. The number of hydrogen-bond acceptors (Lipinski definition) is 2. The van der Waals surface area contributed by atoms with Gasteiger partial charge in [-0.2, -0.15) is 0 Å². The van der Waals surface area contributed by atoms with Crippen molar-refractivity contribution in [3.05, 3.63) is 24.0 Å². The van der Waals surface area contributed by atoms with Crippen LogP contribution in [0.4, 0.5) is 0 Å². The van der Waals surface area contributed by atoms with Gasteiger partial charge in [-0.1, -0.05) is 13.3 Å². The van der Waals surface area contributed by atoms with Crippen molar-refractivity contribution in [2.75, 3.05) is 13.1 Å². The smallest absolute Gasteiger partial charge is 0.178 e. The Morgan fingerprint density at radius 3 is 2.82 bits per heavy atom. The lowest BCUT2D eigenvalue weighted by Gasteiger charge is -2.20. The molecule has 17 heavy (non-hydrogen) atoms. The number of carbonyl (C=O) groups excluding carboxylic acids is 1. The molecule has 1 heterocycles. The molecule has 0 saturated heterocycles. The van der Waals surface area contributed by atoms with Crippen LogP contribution in [0.1, 0.15) is 43.0 Å². The van der Waals surface area contributed by atoms with Crippen LogP contribution in [0, 0.1) is 0 Å². The first-order chi connectivity index (χ1) is 8.20. The highest BCUT2D eigenvalue weighted by Crippen LogP contribution is 2.27. The number of aromatic nitrogens is 1. The summed E-state index contributed by atoms with van der Waals surface area (Å²) >= 11 is 0. The van der Waals surface area contributed by atoms with Gasteiger partial charge in [0.05, 0.1) is 6.54 Å². The maximum atomic E-state index is 12.1. The minimum Gasteiger partial charge on any atom is -0.357 e. The average Bonchev–Trinajstić information content (AvgIpc) is 3.06. The number of ketones is 1. The van der Waals surface area contributed by atoms with Gasteiger partial charge in [0.1, 0.15) is 0 Å². The Morgan fingerprint density at radius 2 is 2.29 bits per heavy atom. The number of hydrogen-bond donors (Lipinski definition) is 0. The highest BCUT2D eigenvalue weighted by atomic mass is 16.1. The van der Waals surface area contributed by atoms with Crippen LogP contribution in [0.15, 0.2) is 18.5 Å². The van der Waals surface area contributed by atoms with E-state index in [2.05, 4.69) is 11.8 Å². The maximum Gasteiger partial charge on any atom is 0.178 e. The van der Waals surface area contributed by atoms with Crippen LogP contribution in [0.2, 0.25) is 0 Å². The normalized spacial score (nSPS) is 15.5. The first kappa shape index (κ1) is 12.4. The van der Waals surface area contributed by atoms with Crippen molar-refractivity contribution in [1.82, 2.24) is 9.47 Å². The van der Waals surface area contributed by atoms with Gasteiger partial charge in [0.2, 0.25) is 0 Å². The SMILES string of the molecule is CCCCN(CC(=O)c1ccn(C)c1)C1CC1. The van der Waals surface area contributed by atoms with E-state index in [0.29, 0.717) is 12.6 Å². The molecule has 1 saturated carbocycles. The van der Waals surface area contributed by atoms with Gasteiger partial charge in [0.25, 0.3) is 0 Å². The molecule has 0 aliphatic heterocycles. The second-order valence-corrected chi connectivity index (χ2v) is 5.04. The molecule has 1 aromatic heterocycles. The highest BCUT2D eigenvalue weighted by molar-refractivity contribution is 5.97. The topological polar surface area (TPSA) is 25.2 Å². The first-order valence-electron chi connectivity index (χ1n) is 6.60. The van der Waals surface area contributed by atoms with E-state index in [9.17, 15) is 4.79 Å². The summed E-state index contributed by atoms with van der Waals surface area (Å²) in [4.78, 5) is 14.5. The predicted octanol–water partition coefficient (Wildman–Crippen LogP) is 2.47. The third-order valence-electron chi connectivity index (χ3n) is 3.36. The lowest BCUT2D eigenvalue weighted by atomic mass is 10.2. The molecule has 0 atom stereocenters. The van der Waals surface area contributed by atoms with Crippen LogP contribution in [-0.4, -0.2) is 34.4 Å².